The van der Waals surface area contributed by atoms with E-state index in [4.69, 9.17) is 9.84 Å². The summed E-state index contributed by atoms with van der Waals surface area (Å²) in [6.45, 7) is 6.43. The molecule has 0 heterocycles. The maximum absolute atomic E-state index is 8.30. The molecule has 0 atom stereocenters. The molecule has 0 aliphatic carbocycles. The second-order valence-electron chi connectivity index (χ2n) is 3.09. The van der Waals surface area contributed by atoms with Crippen molar-refractivity contribution in [1.82, 2.24) is 0 Å². The van der Waals surface area contributed by atoms with Crippen LogP contribution < -0.4 is 0 Å². The van der Waals surface area contributed by atoms with E-state index in [-0.39, 0.29) is 12.2 Å². The van der Waals surface area contributed by atoms with Gasteiger partial charge < -0.3 is 14.6 Å². The second kappa shape index (κ2) is 7.98. The van der Waals surface area contributed by atoms with Crippen LogP contribution in [0.1, 0.15) is 20.8 Å². The Labute approximate surface area is 69.3 Å². The van der Waals surface area contributed by atoms with Gasteiger partial charge in [0.15, 0.2) is 0 Å². The molecule has 3 nitrogen and oxygen atoms in total. The van der Waals surface area contributed by atoms with Crippen molar-refractivity contribution in [3.8, 4) is 0 Å². The molecule has 0 aromatic rings. The molecule has 0 rings (SSSR count). The monoisotopic (exact) mass is 164 g/mol. The molecule has 0 aliphatic heterocycles. The van der Waals surface area contributed by atoms with Crippen LogP contribution in [0, 0.1) is 0 Å². The SMILES string of the molecule is CC(C)(C)OCCO.COC. The molecule has 0 fully saturated rings. The Bertz CT molecular complexity index is 66.2. The molecule has 0 aromatic carbocycles. The Morgan fingerprint density at radius 1 is 1.18 bits per heavy atom. The highest BCUT2D eigenvalue weighted by molar-refractivity contribution is 4.57. The van der Waals surface area contributed by atoms with E-state index in [1.165, 1.54) is 0 Å². The number of rotatable bonds is 2. The van der Waals surface area contributed by atoms with Crippen LogP contribution in [0.4, 0.5) is 0 Å². The smallest absolute Gasteiger partial charge is 0.0704 e. The van der Waals surface area contributed by atoms with Gasteiger partial charge in [0, 0.05) is 14.2 Å². The van der Waals surface area contributed by atoms with Crippen LogP contribution in [0.3, 0.4) is 0 Å². The van der Waals surface area contributed by atoms with E-state index in [1.54, 1.807) is 14.2 Å². The maximum Gasteiger partial charge on any atom is 0.0704 e. The molecule has 0 aromatic heterocycles. The first-order valence-corrected chi connectivity index (χ1v) is 3.63. The van der Waals surface area contributed by atoms with Crippen molar-refractivity contribution >= 4 is 0 Å². The van der Waals surface area contributed by atoms with Crippen molar-refractivity contribution in [2.45, 2.75) is 26.4 Å². The Hall–Kier alpha value is -0.120. The van der Waals surface area contributed by atoms with E-state index in [9.17, 15) is 0 Å². The van der Waals surface area contributed by atoms with Crippen molar-refractivity contribution in [3.05, 3.63) is 0 Å². The number of ether oxygens (including phenoxy) is 2. The Balaban J connectivity index is 0. The van der Waals surface area contributed by atoms with Crippen LogP contribution in [-0.2, 0) is 9.47 Å². The zero-order valence-electron chi connectivity index (χ0n) is 8.18. The summed E-state index contributed by atoms with van der Waals surface area (Å²) in [5, 5.41) is 8.30. The zero-order chi connectivity index (χ0) is 9.33. The molecule has 0 aliphatic rings. The summed E-state index contributed by atoms with van der Waals surface area (Å²) in [6, 6.07) is 0. The highest BCUT2D eigenvalue weighted by Crippen LogP contribution is 2.04. The van der Waals surface area contributed by atoms with E-state index in [2.05, 4.69) is 4.74 Å². The lowest BCUT2D eigenvalue weighted by Crippen LogP contribution is -2.20. The second-order valence-corrected chi connectivity index (χ2v) is 3.09. The van der Waals surface area contributed by atoms with Crippen LogP contribution in [0.25, 0.3) is 0 Å². The standard InChI is InChI=1S/C6H14O2.C2H6O/c1-6(2,3)8-5-4-7;1-3-2/h7H,4-5H2,1-3H3;1-2H3. The molecule has 0 saturated heterocycles. The molecule has 0 unspecified atom stereocenters. The van der Waals surface area contributed by atoms with E-state index in [0.29, 0.717) is 6.61 Å². The first kappa shape index (κ1) is 13.5. The number of methoxy groups -OCH3 is 1. The molecular formula is C8H20O3. The minimum Gasteiger partial charge on any atom is -0.394 e. The quantitative estimate of drug-likeness (QED) is 0.663. The number of aliphatic hydroxyl groups excluding tert-OH is 1. The van der Waals surface area contributed by atoms with Gasteiger partial charge in [0.2, 0.25) is 0 Å². The number of aliphatic hydroxyl groups is 1. The molecule has 0 spiro atoms. The van der Waals surface area contributed by atoms with Crippen LogP contribution in [0.15, 0.2) is 0 Å². The summed E-state index contributed by atoms with van der Waals surface area (Å²) < 4.78 is 9.38. The third-order valence-electron chi connectivity index (χ3n) is 0.626. The molecule has 0 amide bonds. The van der Waals surface area contributed by atoms with Gasteiger partial charge in [-0.15, -0.1) is 0 Å². The minimum absolute atomic E-state index is 0.108. The van der Waals surface area contributed by atoms with Crippen molar-refractivity contribution < 1.29 is 14.6 Å². The highest BCUT2D eigenvalue weighted by atomic mass is 16.5. The van der Waals surface area contributed by atoms with E-state index in [0.717, 1.165) is 0 Å². The molecule has 70 valence electrons. The molecule has 11 heavy (non-hydrogen) atoms. The topological polar surface area (TPSA) is 38.7 Å². The normalized spacial score (nSPS) is 10.4. The summed E-state index contributed by atoms with van der Waals surface area (Å²) in [4.78, 5) is 0. The lowest BCUT2D eigenvalue weighted by molar-refractivity contribution is -0.0199. The lowest BCUT2D eigenvalue weighted by atomic mass is 10.2. The summed E-state index contributed by atoms with van der Waals surface area (Å²) in [5.41, 5.74) is -0.108. The predicted molar refractivity (Wildman–Crippen MR) is 45.7 cm³/mol. The summed E-state index contributed by atoms with van der Waals surface area (Å²) in [5.74, 6) is 0. The van der Waals surface area contributed by atoms with Gasteiger partial charge in [-0.05, 0) is 20.8 Å². The van der Waals surface area contributed by atoms with E-state index < -0.39 is 0 Å². The minimum atomic E-state index is -0.108. The zero-order valence-corrected chi connectivity index (χ0v) is 8.18. The lowest BCUT2D eigenvalue weighted by Gasteiger charge is -2.18. The maximum atomic E-state index is 8.30. The largest absolute Gasteiger partial charge is 0.394 e. The molecule has 1 N–H and O–H groups in total. The van der Waals surface area contributed by atoms with Crippen molar-refractivity contribution in [3.63, 3.8) is 0 Å². The average molecular weight is 164 g/mol. The summed E-state index contributed by atoms with van der Waals surface area (Å²) in [6.07, 6.45) is 0. The number of hydrogen-bond acceptors (Lipinski definition) is 3. The van der Waals surface area contributed by atoms with Gasteiger partial charge in [0.1, 0.15) is 0 Å². The fraction of sp³-hybridized carbons (Fsp3) is 1.00. The fourth-order valence-electron chi connectivity index (χ4n) is 0.352. The van der Waals surface area contributed by atoms with Gasteiger partial charge in [0.05, 0.1) is 18.8 Å². The van der Waals surface area contributed by atoms with Gasteiger partial charge in [-0.25, -0.2) is 0 Å². The number of hydrogen-bond donors (Lipinski definition) is 1. The fourth-order valence-corrected chi connectivity index (χ4v) is 0.352. The van der Waals surface area contributed by atoms with Gasteiger partial charge in [-0.3, -0.25) is 0 Å². The summed E-state index contributed by atoms with van der Waals surface area (Å²) >= 11 is 0. The third kappa shape index (κ3) is 25.8. The van der Waals surface area contributed by atoms with Gasteiger partial charge in [0.25, 0.3) is 0 Å². The Morgan fingerprint density at radius 3 is 1.64 bits per heavy atom. The molecule has 3 heteroatoms. The summed E-state index contributed by atoms with van der Waals surface area (Å²) in [7, 11) is 3.25. The van der Waals surface area contributed by atoms with Gasteiger partial charge in [-0.1, -0.05) is 0 Å². The first-order valence-electron chi connectivity index (χ1n) is 3.63. The Morgan fingerprint density at radius 2 is 1.55 bits per heavy atom. The van der Waals surface area contributed by atoms with Gasteiger partial charge >= 0.3 is 0 Å². The van der Waals surface area contributed by atoms with Crippen LogP contribution in [-0.4, -0.2) is 38.1 Å². The van der Waals surface area contributed by atoms with Crippen molar-refractivity contribution in [2.75, 3.05) is 27.4 Å². The van der Waals surface area contributed by atoms with Crippen LogP contribution in [0.5, 0.6) is 0 Å². The van der Waals surface area contributed by atoms with Crippen LogP contribution >= 0.6 is 0 Å². The molecule has 0 saturated carbocycles. The van der Waals surface area contributed by atoms with Crippen molar-refractivity contribution in [2.24, 2.45) is 0 Å². The predicted octanol–water partition coefficient (Wildman–Crippen LogP) is 1.06. The van der Waals surface area contributed by atoms with E-state index >= 15 is 0 Å². The van der Waals surface area contributed by atoms with Gasteiger partial charge in [-0.2, -0.15) is 0 Å². The van der Waals surface area contributed by atoms with Crippen molar-refractivity contribution in [1.29, 1.82) is 0 Å². The molecule has 0 bridgehead atoms. The molecular weight excluding hydrogens is 144 g/mol. The average Bonchev–Trinajstić information content (AvgIpc) is 1.84. The highest BCUT2D eigenvalue weighted by Gasteiger charge is 2.07. The van der Waals surface area contributed by atoms with E-state index in [1.807, 2.05) is 20.8 Å². The molecule has 0 radical (unpaired) electrons. The van der Waals surface area contributed by atoms with Crippen LogP contribution in [0.2, 0.25) is 0 Å². The third-order valence-corrected chi connectivity index (χ3v) is 0.626. The first-order chi connectivity index (χ1) is 4.97. The Kier molecular flexibility index (Phi) is 9.77.